The van der Waals surface area contributed by atoms with Crippen LogP contribution in [0, 0.1) is 0 Å². The number of rotatable bonds is 15. The van der Waals surface area contributed by atoms with Gasteiger partial charge in [0.25, 0.3) is 5.56 Å². The topological polar surface area (TPSA) is 99.5 Å². The quantitative estimate of drug-likeness (QED) is 0.0710. The number of carbonyl (C=O) groups is 2. The van der Waals surface area contributed by atoms with E-state index in [1.165, 1.54) is 23.1 Å². The van der Waals surface area contributed by atoms with Gasteiger partial charge in [-0.15, -0.1) is 11.3 Å². The van der Waals surface area contributed by atoms with Crippen molar-refractivity contribution < 1.29 is 19.1 Å². The number of methoxy groups -OCH3 is 2. The van der Waals surface area contributed by atoms with E-state index in [9.17, 15) is 14.4 Å². The van der Waals surface area contributed by atoms with Crippen molar-refractivity contribution in [2.24, 2.45) is 0 Å². The molecule has 0 atom stereocenters. The Morgan fingerprint density at radius 1 is 1.02 bits per heavy atom. The SMILES string of the molecule is COc1ccc(CCNC(=O)CCCCCn2c(SCC(=O)c3ccc(Br)cc3)nc3ccsc3c2=O)cc1OC. The van der Waals surface area contributed by atoms with E-state index in [2.05, 4.69) is 26.2 Å². The fraction of sp³-hybridized carbons (Fsp3) is 0.333. The molecule has 2 aromatic carbocycles. The molecule has 4 rings (SSSR count). The Hall–Kier alpha value is -3.15. The van der Waals surface area contributed by atoms with Crippen LogP contribution in [0.4, 0.5) is 0 Å². The Morgan fingerprint density at radius 3 is 2.56 bits per heavy atom. The molecule has 2 heterocycles. The van der Waals surface area contributed by atoms with E-state index >= 15 is 0 Å². The molecule has 11 heteroatoms. The van der Waals surface area contributed by atoms with Crippen LogP contribution in [-0.2, 0) is 17.8 Å². The third kappa shape index (κ3) is 8.43. The van der Waals surface area contributed by atoms with E-state index in [1.807, 2.05) is 41.8 Å². The number of halogens is 1. The maximum Gasteiger partial charge on any atom is 0.272 e. The monoisotopic (exact) mass is 657 g/mol. The number of nitrogens with zero attached hydrogens (tertiary/aromatic N) is 2. The number of nitrogens with one attached hydrogen (secondary N) is 1. The zero-order valence-electron chi connectivity index (χ0n) is 23.0. The first-order valence-corrected chi connectivity index (χ1v) is 15.9. The predicted octanol–water partition coefficient (Wildman–Crippen LogP) is 6.13. The number of hydrogen-bond acceptors (Lipinski definition) is 8. The van der Waals surface area contributed by atoms with Crippen molar-refractivity contribution in [2.75, 3.05) is 26.5 Å². The zero-order chi connectivity index (χ0) is 29.2. The molecule has 0 radical (unpaired) electrons. The summed E-state index contributed by atoms with van der Waals surface area (Å²) in [5.41, 5.74) is 2.24. The molecule has 0 spiro atoms. The van der Waals surface area contributed by atoms with Crippen molar-refractivity contribution in [3.63, 3.8) is 0 Å². The number of thioether (sulfide) groups is 1. The van der Waals surface area contributed by atoms with Crippen molar-refractivity contribution in [2.45, 2.75) is 43.8 Å². The summed E-state index contributed by atoms with van der Waals surface area (Å²) in [4.78, 5) is 42.9. The largest absolute Gasteiger partial charge is 0.493 e. The highest BCUT2D eigenvalue weighted by Gasteiger charge is 2.15. The summed E-state index contributed by atoms with van der Waals surface area (Å²) in [6.45, 7) is 1.02. The maximum absolute atomic E-state index is 13.2. The van der Waals surface area contributed by atoms with Gasteiger partial charge in [0.05, 0.1) is 25.5 Å². The Bertz CT molecular complexity index is 1550. The van der Waals surface area contributed by atoms with E-state index in [4.69, 9.17) is 9.47 Å². The molecule has 0 aliphatic rings. The van der Waals surface area contributed by atoms with E-state index in [0.717, 1.165) is 29.3 Å². The van der Waals surface area contributed by atoms with Crippen molar-refractivity contribution in [1.82, 2.24) is 14.9 Å². The van der Waals surface area contributed by atoms with Gasteiger partial charge in [-0.2, -0.15) is 0 Å². The highest BCUT2D eigenvalue weighted by atomic mass is 79.9. The second kappa shape index (κ2) is 15.2. The summed E-state index contributed by atoms with van der Waals surface area (Å²) < 4.78 is 13.8. The van der Waals surface area contributed by atoms with Crippen LogP contribution in [0.1, 0.15) is 41.6 Å². The van der Waals surface area contributed by atoms with Gasteiger partial charge in [-0.3, -0.25) is 19.0 Å². The molecule has 1 amide bonds. The van der Waals surface area contributed by atoms with Crippen LogP contribution in [0.15, 0.2) is 68.3 Å². The smallest absolute Gasteiger partial charge is 0.272 e. The Labute approximate surface area is 255 Å². The van der Waals surface area contributed by atoms with Crippen LogP contribution >= 0.6 is 39.0 Å². The molecule has 41 heavy (non-hydrogen) atoms. The molecule has 8 nitrogen and oxygen atoms in total. The van der Waals surface area contributed by atoms with E-state index in [1.54, 1.807) is 30.9 Å². The van der Waals surface area contributed by atoms with Crippen molar-refractivity contribution in [3.05, 3.63) is 79.9 Å². The first-order valence-electron chi connectivity index (χ1n) is 13.3. The fourth-order valence-electron chi connectivity index (χ4n) is 4.28. The molecular formula is C30H32BrN3O5S2. The molecular weight excluding hydrogens is 626 g/mol. The van der Waals surface area contributed by atoms with Crippen molar-refractivity contribution in [3.8, 4) is 11.5 Å². The molecule has 1 N–H and O–H groups in total. The number of unbranched alkanes of at least 4 members (excludes halogenated alkanes) is 2. The number of hydrogen-bond donors (Lipinski definition) is 1. The first kappa shape index (κ1) is 30.8. The lowest BCUT2D eigenvalue weighted by atomic mass is 10.1. The molecule has 0 fully saturated rings. The third-order valence-electron chi connectivity index (χ3n) is 6.50. The van der Waals surface area contributed by atoms with Crippen LogP contribution in [0.5, 0.6) is 11.5 Å². The standard InChI is InChI=1S/C30H32BrN3O5S2/c1-38-25-12-7-20(18-26(25)39-2)13-15-32-27(36)6-4-3-5-16-34-29(37)28-23(14-17-40-28)33-30(34)41-19-24(35)21-8-10-22(31)11-9-21/h7-12,14,17-18H,3-6,13,15-16,19H2,1-2H3,(H,32,36). The molecule has 0 bridgehead atoms. The summed E-state index contributed by atoms with van der Waals surface area (Å²) in [5.74, 6) is 1.51. The third-order valence-corrected chi connectivity index (χ3v) is 8.90. The predicted molar refractivity (Wildman–Crippen MR) is 168 cm³/mol. The van der Waals surface area contributed by atoms with Gasteiger partial charge in [0.2, 0.25) is 5.91 Å². The fourth-order valence-corrected chi connectivity index (χ4v) is 6.25. The minimum Gasteiger partial charge on any atom is -0.493 e. The van der Waals surface area contributed by atoms with Crippen LogP contribution in [0.2, 0.25) is 0 Å². The van der Waals surface area contributed by atoms with Gasteiger partial charge in [0.1, 0.15) is 4.70 Å². The number of Topliss-reactive ketones (excluding diaryl/α,β-unsaturated/α-hetero) is 1. The summed E-state index contributed by atoms with van der Waals surface area (Å²) >= 11 is 6.04. The maximum atomic E-state index is 13.2. The van der Waals surface area contributed by atoms with Gasteiger partial charge in [-0.05, 0) is 60.5 Å². The minimum atomic E-state index is -0.0866. The number of benzene rings is 2. The molecule has 2 aromatic heterocycles. The van der Waals surface area contributed by atoms with Crippen LogP contribution < -0.4 is 20.3 Å². The van der Waals surface area contributed by atoms with Crippen LogP contribution in [0.25, 0.3) is 10.2 Å². The minimum absolute atomic E-state index is 0.00649. The second-order valence-electron chi connectivity index (χ2n) is 9.30. The van der Waals surface area contributed by atoms with Crippen molar-refractivity contribution in [1.29, 1.82) is 0 Å². The first-order chi connectivity index (χ1) is 19.9. The summed E-state index contributed by atoms with van der Waals surface area (Å²) in [6.07, 6.45) is 3.35. The highest BCUT2D eigenvalue weighted by Crippen LogP contribution is 2.27. The van der Waals surface area contributed by atoms with Crippen LogP contribution in [0.3, 0.4) is 0 Å². The Kier molecular flexibility index (Phi) is 11.4. The molecule has 0 aliphatic carbocycles. The van der Waals surface area contributed by atoms with Crippen molar-refractivity contribution >= 4 is 60.9 Å². The van der Waals surface area contributed by atoms with Gasteiger partial charge in [-0.1, -0.05) is 52.3 Å². The second-order valence-corrected chi connectivity index (χ2v) is 12.1. The van der Waals surface area contributed by atoms with Crippen LogP contribution in [-0.4, -0.2) is 47.8 Å². The average Bonchev–Trinajstić information content (AvgIpc) is 3.46. The Morgan fingerprint density at radius 2 is 1.80 bits per heavy atom. The number of carbonyl (C=O) groups excluding carboxylic acids is 2. The number of amides is 1. The number of ketones is 1. The Balaban J connectivity index is 1.25. The van der Waals surface area contributed by atoms with Gasteiger partial charge in [0, 0.05) is 29.5 Å². The number of ether oxygens (including phenoxy) is 2. The molecule has 216 valence electrons. The summed E-state index contributed by atoms with van der Waals surface area (Å²) in [7, 11) is 3.20. The molecule has 0 unspecified atom stereocenters. The van der Waals surface area contributed by atoms with E-state index < -0.39 is 0 Å². The highest BCUT2D eigenvalue weighted by molar-refractivity contribution is 9.10. The number of fused-ring (bicyclic) bond motifs is 1. The molecule has 4 aromatic rings. The summed E-state index contributed by atoms with van der Waals surface area (Å²) in [5, 5.41) is 5.37. The number of thiophene rings is 1. The summed E-state index contributed by atoms with van der Waals surface area (Å²) in [6, 6.07) is 14.8. The normalized spacial score (nSPS) is 11.0. The lowest BCUT2D eigenvalue weighted by molar-refractivity contribution is -0.121. The zero-order valence-corrected chi connectivity index (χ0v) is 26.2. The van der Waals surface area contributed by atoms with E-state index in [-0.39, 0.29) is 23.0 Å². The average molecular weight is 659 g/mol. The molecule has 0 saturated heterocycles. The van der Waals surface area contributed by atoms with Gasteiger partial charge >= 0.3 is 0 Å². The molecule has 0 saturated carbocycles. The van der Waals surface area contributed by atoms with Gasteiger partial charge in [0.15, 0.2) is 22.4 Å². The van der Waals surface area contributed by atoms with Gasteiger partial charge in [-0.25, -0.2) is 4.98 Å². The number of aromatic nitrogens is 2. The van der Waals surface area contributed by atoms with Gasteiger partial charge < -0.3 is 14.8 Å². The van der Waals surface area contributed by atoms with E-state index in [0.29, 0.717) is 58.4 Å². The lowest BCUT2D eigenvalue weighted by Gasteiger charge is -2.12. The lowest BCUT2D eigenvalue weighted by Crippen LogP contribution is -2.25. The molecule has 0 aliphatic heterocycles.